The highest BCUT2D eigenvalue weighted by molar-refractivity contribution is 5.93. The monoisotopic (exact) mass is 356 g/mol. The Morgan fingerprint density at radius 2 is 2.15 bits per heavy atom. The summed E-state index contributed by atoms with van der Waals surface area (Å²) in [6.45, 7) is 2.91. The van der Waals surface area contributed by atoms with Gasteiger partial charge in [0.2, 0.25) is 5.91 Å². The van der Waals surface area contributed by atoms with Crippen LogP contribution < -0.4 is 16.0 Å². The number of aromatic nitrogens is 3. The van der Waals surface area contributed by atoms with E-state index in [4.69, 9.17) is 0 Å². The van der Waals surface area contributed by atoms with Gasteiger partial charge in [0.15, 0.2) is 0 Å². The highest BCUT2D eigenvalue weighted by Gasteiger charge is 2.17. The first kappa shape index (κ1) is 18.1. The molecule has 2 amide bonds. The summed E-state index contributed by atoms with van der Waals surface area (Å²) in [5, 5.41) is 13.4. The Hall–Kier alpha value is -2.74. The van der Waals surface area contributed by atoms with Crippen LogP contribution in [0.1, 0.15) is 34.8 Å². The third kappa shape index (κ3) is 5.13. The lowest BCUT2D eigenvalue weighted by molar-refractivity contribution is -0.121. The fraction of sp³-hybridized carbons (Fsp3) is 0.444. The van der Waals surface area contributed by atoms with Gasteiger partial charge in [0.05, 0.1) is 11.3 Å². The summed E-state index contributed by atoms with van der Waals surface area (Å²) >= 11 is 0. The SMILES string of the molecule is O=C(Cn1ccc([C@@H]2CCCNC2)n1)NCCNC(=O)c1cccnc1. The molecule has 8 nitrogen and oxygen atoms in total. The van der Waals surface area contributed by atoms with Crippen LogP contribution in [0, 0.1) is 0 Å². The Morgan fingerprint density at radius 3 is 2.92 bits per heavy atom. The van der Waals surface area contributed by atoms with Crippen LogP contribution in [0.4, 0.5) is 0 Å². The number of piperidine rings is 1. The number of nitrogens with zero attached hydrogens (tertiary/aromatic N) is 3. The Kier molecular flexibility index (Phi) is 6.32. The molecule has 8 heteroatoms. The van der Waals surface area contributed by atoms with E-state index in [1.807, 2.05) is 12.3 Å². The van der Waals surface area contributed by atoms with E-state index < -0.39 is 0 Å². The second-order valence-corrected chi connectivity index (χ2v) is 6.33. The molecule has 3 rings (SSSR count). The minimum Gasteiger partial charge on any atom is -0.353 e. The maximum Gasteiger partial charge on any atom is 0.252 e. The normalized spacial score (nSPS) is 16.8. The summed E-state index contributed by atoms with van der Waals surface area (Å²) in [7, 11) is 0. The third-order valence-electron chi connectivity index (χ3n) is 4.34. The lowest BCUT2D eigenvalue weighted by Gasteiger charge is -2.20. The Labute approximate surface area is 152 Å². The van der Waals surface area contributed by atoms with Gasteiger partial charge in [-0.15, -0.1) is 0 Å². The van der Waals surface area contributed by atoms with Crippen LogP contribution in [0.5, 0.6) is 0 Å². The average molecular weight is 356 g/mol. The van der Waals surface area contributed by atoms with Gasteiger partial charge < -0.3 is 16.0 Å². The van der Waals surface area contributed by atoms with Crippen LogP contribution in [0.2, 0.25) is 0 Å². The van der Waals surface area contributed by atoms with Crippen molar-refractivity contribution in [3.8, 4) is 0 Å². The van der Waals surface area contributed by atoms with Crippen LogP contribution in [0.25, 0.3) is 0 Å². The molecule has 2 aromatic rings. The Bertz CT molecular complexity index is 724. The fourth-order valence-corrected chi connectivity index (χ4v) is 2.97. The summed E-state index contributed by atoms with van der Waals surface area (Å²) in [6, 6.07) is 5.38. The topological polar surface area (TPSA) is 101 Å². The maximum absolute atomic E-state index is 12.0. The van der Waals surface area contributed by atoms with Gasteiger partial charge in [0.25, 0.3) is 5.91 Å². The largest absolute Gasteiger partial charge is 0.353 e. The fourth-order valence-electron chi connectivity index (χ4n) is 2.97. The maximum atomic E-state index is 12.0. The summed E-state index contributed by atoms with van der Waals surface area (Å²) in [5.41, 5.74) is 1.54. The minimum absolute atomic E-state index is 0.128. The first-order valence-electron chi connectivity index (χ1n) is 8.91. The number of hydrogen-bond acceptors (Lipinski definition) is 5. The quantitative estimate of drug-likeness (QED) is 0.619. The zero-order valence-electron chi connectivity index (χ0n) is 14.6. The first-order chi connectivity index (χ1) is 12.7. The number of pyridine rings is 1. The van der Waals surface area contributed by atoms with Crippen molar-refractivity contribution in [3.05, 3.63) is 48.0 Å². The lowest BCUT2D eigenvalue weighted by Crippen LogP contribution is -2.36. The second-order valence-electron chi connectivity index (χ2n) is 6.33. The number of amides is 2. The van der Waals surface area contributed by atoms with Gasteiger partial charge in [0.1, 0.15) is 6.54 Å². The van der Waals surface area contributed by atoms with Crippen molar-refractivity contribution in [1.82, 2.24) is 30.7 Å². The molecular weight excluding hydrogens is 332 g/mol. The summed E-state index contributed by atoms with van der Waals surface area (Å²) in [4.78, 5) is 27.8. The molecule has 0 aromatic carbocycles. The second kappa shape index (κ2) is 9.10. The van der Waals surface area contributed by atoms with Crippen LogP contribution >= 0.6 is 0 Å². The molecule has 3 N–H and O–H groups in total. The molecule has 0 spiro atoms. The van der Waals surface area contributed by atoms with E-state index in [0.29, 0.717) is 24.6 Å². The van der Waals surface area contributed by atoms with Gasteiger partial charge in [-0.1, -0.05) is 0 Å². The predicted molar refractivity (Wildman–Crippen MR) is 96.7 cm³/mol. The minimum atomic E-state index is -0.204. The van der Waals surface area contributed by atoms with E-state index in [1.165, 1.54) is 6.20 Å². The standard InChI is InChI=1S/C18H24N6O2/c25-17(21-8-9-22-18(26)15-4-2-7-20-12-15)13-24-10-5-16(23-24)14-3-1-6-19-11-14/h2,4-5,7,10,12,14,19H,1,3,6,8-9,11,13H2,(H,21,25)(H,22,26)/t14-/m1/s1. The molecule has 1 aliphatic rings. The smallest absolute Gasteiger partial charge is 0.252 e. The van der Waals surface area contributed by atoms with Crippen molar-refractivity contribution in [1.29, 1.82) is 0 Å². The van der Waals surface area contributed by atoms with Crippen molar-refractivity contribution in [2.45, 2.75) is 25.3 Å². The summed E-state index contributed by atoms with van der Waals surface area (Å²) in [6.07, 6.45) is 7.25. The van der Waals surface area contributed by atoms with Crippen LogP contribution in [0.3, 0.4) is 0 Å². The average Bonchev–Trinajstić information content (AvgIpc) is 3.15. The van der Waals surface area contributed by atoms with Gasteiger partial charge in [0, 0.05) is 44.1 Å². The number of carbonyl (C=O) groups excluding carboxylic acids is 2. The van der Waals surface area contributed by atoms with Crippen molar-refractivity contribution < 1.29 is 9.59 Å². The molecule has 1 atom stereocenters. The molecule has 0 saturated carbocycles. The number of nitrogens with one attached hydrogen (secondary N) is 3. The highest BCUT2D eigenvalue weighted by atomic mass is 16.2. The van der Waals surface area contributed by atoms with Gasteiger partial charge >= 0.3 is 0 Å². The predicted octanol–water partition coefficient (Wildman–Crippen LogP) is 0.291. The number of hydrogen-bond donors (Lipinski definition) is 3. The van der Waals surface area contributed by atoms with Gasteiger partial charge in [-0.3, -0.25) is 19.3 Å². The number of carbonyl (C=O) groups is 2. The van der Waals surface area contributed by atoms with Gasteiger partial charge in [-0.2, -0.15) is 5.10 Å². The van der Waals surface area contributed by atoms with E-state index in [1.54, 1.807) is 23.0 Å². The van der Waals surface area contributed by atoms with Crippen molar-refractivity contribution in [3.63, 3.8) is 0 Å². The van der Waals surface area contributed by atoms with Crippen molar-refractivity contribution in [2.75, 3.05) is 26.2 Å². The summed E-state index contributed by atoms with van der Waals surface area (Å²) in [5.74, 6) is 0.0953. The molecule has 26 heavy (non-hydrogen) atoms. The lowest BCUT2D eigenvalue weighted by atomic mass is 9.97. The summed E-state index contributed by atoms with van der Waals surface area (Å²) < 4.78 is 1.66. The zero-order valence-corrected chi connectivity index (χ0v) is 14.6. The molecule has 0 unspecified atom stereocenters. The number of rotatable bonds is 7. The molecule has 1 aliphatic heterocycles. The molecular formula is C18H24N6O2. The van der Waals surface area contributed by atoms with Crippen LogP contribution in [-0.4, -0.2) is 52.8 Å². The van der Waals surface area contributed by atoms with E-state index in [0.717, 1.165) is 31.6 Å². The van der Waals surface area contributed by atoms with E-state index >= 15 is 0 Å². The first-order valence-corrected chi connectivity index (χ1v) is 8.91. The molecule has 138 valence electrons. The zero-order chi connectivity index (χ0) is 18.2. The van der Waals surface area contributed by atoms with Crippen LogP contribution in [0.15, 0.2) is 36.8 Å². The highest BCUT2D eigenvalue weighted by Crippen LogP contribution is 2.21. The van der Waals surface area contributed by atoms with Crippen molar-refractivity contribution in [2.24, 2.45) is 0 Å². The molecule has 1 fully saturated rings. The molecule has 2 aromatic heterocycles. The Morgan fingerprint density at radius 1 is 1.27 bits per heavy atom. The van der Waals surface area contributed by atoms with Crippen molar-refractivity contribution >= 4 is 11.8 Å². The molecule has 1 saturated heterocycles. The molecule has 0 radical (unpaired) electrons. The molecule has 3 heterocycles. The Balaban J connectivity index is 1.36. The third-order valence-corrected chi connectivity index (χ3v) is 4.34. The van der Waals surface area contributed by atoms with Gasteiger partial charge in [-0.05, 0) is 37.6 Å². The molecule has 0 bridgehead atoms. The van der Waals surface area contributed by atoms with Crippen LogP contribution in [-0.2, 0) is 11.3 Å². The van der Waals surface area contributed by atoms with E-state index in [-0.39, 0.29) is 18.4 Å². The van der Waals surface area contributed by atoms with E-state index in [2.05, 4.69) is 26.0 Å². The van der Waals surface area contributed by atoms with E-state index in [9.17, 15) is 9.59 Å². The molecule has 0 aliphatic carbocycles. The van der Waals surface area contributed by atoms with Gasteiger partial charge in [-0.25, -0.2) is 0 Å².